The summed E-state index contributed by atoms with van der Waals surface area (Å²) in [5.74, 6) is 1.19. The molecule has 0 amide bonds. The minimum atomic E-state index is -0.504. The molecule has 10 rings (SSSR count). The predicted molar refractivity (Wildman–Crippen MR) is 227 cm³/mol. The first kappa shape index (κ1) is 24.7. The zero-order chi connectivity index (χ0) is 43.5. The Balaban J connectivity index is 1.20. The lowest BCUT2D eigenvalue weighted by Crippen LogP contribution is -2.02. The number of hydrogen-bond acceptors (Lipinski definition) is 3. The number of nitrogens with zero attached hydrogens (tertiary/aromatic N) is 4. The third-order valence-corrected chi connectivity index (χ3v) is 9.73. The summed E-state index contributed by atoms with van der Waals surface area (Å²) < 4.78 is 72.5. The van der Waals surface area contributed by atoms with Crippen molar-refractivity contribution >= 4 is 21.8 Å². The summed E-state index contributed by atoms with van der Waals surface area (Å²) in [4.78, 5) is 15.0. The van der Waals surface area contributed by atoms with Crippen molar-refractivity contribution in [2.45, 2.75) is 0 Å². The SMILES string of the molecule is [2H]c1c([2H])c([2H])c2c(c1[2H])c1c([2H])c([2H])c([2H])c([2H])c1n2-c1cc(-c2nc(-c3ccccc3)nc(-c3ccc(-c4cccc(-c5ccccc5)c4)cc3)n2)ccc1-c1ccccc1. The molecule has 0 aliphatic rings. The molecule has 2 aromatic heterocycles. The molecule has 258 valence electrons. The number of fused-ring (bicyclic) bond motifs is 3. The van der Waals surface area contributed by atoms with E-state index in [1.54, 1.807) is 6.07 Å². The molecule has 0 aliphatic carbocycles. The molecule has 10 aromatic rings. The van der Waals surface area contributed by atoms with Crippen LogP contribution in [0.2, 0.25) is 0 Å². The number of aromatic nitrogens is 4. The Bertz CT molecular complexity index is 3340. The van der Waals surface area contributed by atoms with Crippen LogP contribution in [0.5, 0.6) is 0 Å². The molecule has 8 aromatic carbocycles. The standard InChI is InChI=1S/C51H34N4/c1-4-15-35(16-5-1)40-21-14-22-41(33-40)36-27-29-39(30-28-36)50-52-49(38-19-8-3-9-20-38)53-51(54-50)42-31-32-43(37-17-6-2-7-18-37)48(34-42)55-46-25-12-10-23-44(46)45-24-11-13-26-47(45)55/h1-34H/i10D,11D,12D,13D,23D,24D,25D,26D. The van der Waals surface area contributed by atoms with Gasteiger partial charge in [0.1, 0.15) is 0 Å². The van der Waals surface area contributed by atoms with E-state index in [4.69, 9.17) is 23.2 Å². The van der Waals surface area contributed by atoms with Crippen molar-refractivity contribution in [1.82, 2.24) is 19.5 Å². The quantitative estimate of drug-likeness (QED) is 0.165. The number of rotatable bonds is 7. The van der Waals surface area contributed by atoms with E-state index < -0.39 is 36.3 Å². The molecule has 0 aliphatic heterocycles. The van der Waals surface area contributed by atoms with Crippen molar-refractivity contribution in [3.8, 4) is 73.2 Å². The molecule has 0 fully saturated rings. The molecular weight excluding hydrogens is 669 g/mol. The number of hydrogen-bond donors (Lipinski definition) is 0. The van der Waals surface area contributed by atoms with E-state index in [0.717, 1.165) is 38.9 Å². The third-order valence-electron chi connectivity index (χ3n) is 9.73. The van der Waals surface area contributed by atoms with Gasteiger partial charge in [0.2, 0.25) is 0 Å². The van der Waals surface area contributed by atoms with Crippen LogP contribution in [0.15, 0.2) is 206 Å². The van der Waals surface area contributed by atoms with Gasteiger partial charge < -0.3 is 4.57 Å². The van der Waals surface area contributed by atoms with E-state index in [1.165, 1.54) is 4.57 Å². The van der Waals surface area contributed by atoms with Gasteiger partial charge in [-0.1, -0.05) is 182 Å². The van der Waals surface area contributed by atoms with Crippen LogP contribution in [0.3, 0.4) is 0 Å². The molecular formula is C51H34N4. The normalized spacial score (nSPS) is 13.3. The molecule has 0 saturated carbocycles. The summed E-state index contributed by atoms with van der Waals surface area (Å²) >= 11 is 0. The van der Waals surface area contributed by atoms with Crippen LogP contribution in [-0.4, -0.2) is 19.5 Å². The Kier molecular flexibility index (Phi) is 6.23. The highest BCUT2D eigenvalue weighted by Gasteiger charge is 2.19. The maximum atomic E-state index is 9.20. The predicted octanol–water partition coefficient (Wildman–Crippen LogP) is 13.0. The fraction of sp³-hybridized carbons (Fsp3) is 0. The van der Waals surface area contributed by atoms with E-state index in [0.29, 0.717) is 34.3 Å². The molecule has 0 atom stereocenters. The summed E-state index contributed by atoms with van der Waals surface area (Å²) in [5, 5.41) is -0.00655. The molecule has 0 radical (unpaired) electrons. The molecule has 2 heterocycles. The lowest BCUT2D eigenvalue weighted by molar-refractivity contribution is 1.07. The molecule has 55 heavy (non-hydrogen) atoms. The highest BCUT2D eigenvalue weighted by atomic mass is 15.0. The van der Waals surface area contributed by atoms with Gasteiger partial charge in [-0.15, -0.1) is 0 Å². The Morgan fingerprint density at radius 2 is 0.764 bits per heavy atom. The molecule has 4 nitrogen and oxygen atoms in total. The smallest absolute Gasteiger partial charge is 0.164 e. The topological polar surface area (TPSA) is 43.6 Å². The highest BCUT2D eigenvalue weighted by Crippen LogP contribution is 2.38. The first-order valence-electron chi connectivity index (χ1n) is 21.9. The lowest BCUT2D eigenvalue weighted by Gasteiger charge is -2.16. The van der Waals surface area contributed by atoms with Crippen LogP contribution >= 0.6 is 0 Å². The fourth-order valence-corrected chi connectivity index (χ4v) is 7.05. The van der Waals surface area contributed by atoms with Crippen LogP contribution in [-0.2, 0) is 0 Å². The van der Waals surface area contributed by atoms with E-state index in [9.17, 15) is 2.74 Å². The van der Waals surface area contributed by atoms with E-state index in [-0.39, 0.29) is 33.9 Å². The number of benzene rings is 8. The summed E-state index contributed by atoms with van der Waals surface area (Å²) in [5.41, 5.74) is 8.26. The molecule has 0 N–H and O–H groups in total. The van der Waals surface area contributed by atoms with E-state index in [2.05, 4.69) is 36.4 Å². The molecule has 0 unspecified atom stereocenters. The second kappa shape index (κ2) is 13.8. The van der Waals surface area contributed by atoms with Crippen LogP contribution in [0.25, 0.3) is 95.0 Å². The average Bonchev–Trinajstić information content (AvgIpc) is 3.71. The fourth-order valence-electron chi connectivity index (χ4n) is 7.05. The molecule has 0 spiro atoms. The highest BCUT2D eigenvalue weighted by molar-refractivity contribution is 6.09. The Labute approximate surface area is 331 Å². The van der Waals surface area contributed by atoms with Crippen LogP contribution in [0.1, 0.15) is 11.0 Å². The van der Waals surface area contributed by atoms with Gasteiger partial charge >= 0.3 is 0 Å². The molecule has 0 saturated heterocycles. The van der Waals surface area contributed by atoms with Gasteiger partial charge in [0, 0.05) is 33.0 Å². The zero-order valence-corrected chi connectivity index (χ0v) is 29.3. The van der Waals surface area contributed by atoms with Gasteiger partial charge in [-0.2, -0.15) is 0 Å². The summed E-state index contributed by atoms with van der Waals surface area (Å²) in [6.45, 7) is 0. The second-order valence-corrected chi connectivity index (χ2v) is 13.1. The minimum absolute atomic E-state index is 0.00327. The Morgan fingerprint density at radius 1 is 0.345 bits per heavy atom. The van der Waals surface area contributed by atoms with Crippen molar-refractivity contribution in [1.29, 1.82) is 0 Å². The van der Waals surface area contributed by atoms with Crippen LogP contribution < -0.4 is 0 Å². The summed E-state index contributed by atoms with van der Waals surface area (Å²) in [6, 6.07) is 47.8. The Hall–Kier alpha value is -7.43. The first-order valence-corrected chi connectivity index (χ1v) is 17.9. The van der Waals surface area contributed by atoms with Gasteiger partial charge in [0.05, 0.1) is 27.7 Å². The first-order chi connectivity index (χ1) is 30.6. The van der Waals surface area contributed by atoms with Crippen molar-refractivity contribution in [3.05, 3.63) is 206 Å². The largest absolute Gasteiger partial charge is 0.309 e. The zero-order valence-electron chi connectivity index (χ0n) is 37.3. The monoisotopic (exact) mass is 710 g/mol. The third kappa shape index (κ3) is 6.06. The maximum absolute atomic E-state index is 9.20. The van der Waals surface area contributed by atoms with Crippen LogP contribution in [0.4, 0.5) is 0 Å². The van der Waals surface area contributed by atoms with Gasteiger partial charge in [-0.05, 0) is 52.0 Å². The van der Waals surface area contributed by atoms with Crippen molar-refractivity contribution in [3.63, 3.8) is 0 Å². The Morgan fingerprint density at radius 3 is 1.35 bits per heavy atom. The number of para-hydroxylation sites is 2. The van der Waals surface area contributed by atoms with Gasteiger partial charge in [-0.25, -0.2) is 15.0 Å². The van der Waals surface area contributed by atoms with Crippen molar-refractivity contribution < 1.29 is 11.0 Å². The maximum Gasteiger partial charge on any atom is 0.164 e. The molecule has 4 heteroatoms. The average molecular weight is 711 g/mol. The summed E-state index contributed by atoms with van der Waals surface area (Å²) in [7, 11) is 0. The van der Waals surface area contributed by atoms with E-state index in [1.807, 2.05) is 115 Å². The minimum Gasteiger partial charge on any atom is -0.309 e. The summed E-state index contributed by atoms with van der Waals surface area (Å²) in [6.07, 6.45) is 0. The van der Waals surface area contributed by atoms with Gasteiger partial charge in [-0.3, -0.25) is 0 Å². The van der Waals surface area contributed by atoms with Crippen molar-refractivity contribution in [2.75, 3.05) is 0 Å². The van der Waals surface area contributed by atoms with Gasteiger partial charge in [0.25, 0.3) is 0 Å². The van der Waals surface area contributed by atoms with Gasteiger partial charge in [0.15, 0.2) is 17.5 Å². The lowest BCUT2D eigenvalue weighted by atomic mass is 9.98. The second-order valence-electron chi connectivity index (χ2n) is 13.1. The van der Waals surface area contributed by atoms with E-state index >= 15 is 0 Å². The van der Waals surface area contributed by atoms with Crippen molar-refractivity contribution in [2.24, 2.45) is 0 Å². The molecule has 0 bridgehead atoms. The van der Waals surface area contributed by atoms with Crippen LogP contribution in [0, 0.1) is 0 Å².